The largest absolute Gasteiger partial charge is 0.362 e. The lowest BCUT2D eigenvalue weighted by Crippen LogP contribution is -3.07. The van der Waals surface area contributed by atoms with Crippen LogP contribution >= 0.6 is 24.0 Å². The van der Waals surface area contributed by atoms with E-state index >= 15 is 0 Å². The molecule has 0 spiro atoms. The molecule has 0 amide bonds. The molecule has 7 heteroatoms. The van der Waals surface area contributed by atoms with Crippen molar-refractivity contribution < 1.29 is 13.7 Å². The minimum atomic E-state index is -2.40. The summed E-state index contributed by atoms with van der Waals surface area (Å²) in [6, 6.07) is 17.2. The van der Waals surface area contributed by atoms with Gasteiger partial charge in [-0.3, -0.25) is 0 Å². The van der Waals surface area contributed by atoms with E-state index in [-0.39, 0.29) is 0 Å². The average molecular weight is 397 g/mol. The third-order valence-corrected chi connectivity index (χ3v) is 4.72. The second kappa shape index (κ2) is 11.1. The molecule has 3 nitrogen and oxygen atoms in total. The smallest absolute Gasteiger partial charge is 0.288 e. The molecule has 0 saturated heterocycles. The van der Waals surface area contributed by atoms with Gasteiger partial charge in [-0.15, -0.1) is 0 Å². The zero-order valence-corrected chi connectivity index (χ0v) is 16.3. The van der Waals surface area contributed by atoms with E-state index in [4.69, 9.17) is 12.2 Å². The standard InChI is InChI=1S/C19H23F2N3S2/c1-24(14-15-6-3-2-4-7-15)13-5-12-22-19(25)23-16-8-10-17(11-9-16)26-18(20)21/h2-4,6-11,18H,5,12-14H2,1H3,(H2,22,23,25)/p+1. The summed E-state index contributed by atoms with van der Waals surface area (Å²) in [5, 5.41) is 6.79. The number of thiocarbonyl (C=S) groups is 1. The number of hydrogen-bond donors (Lipinski definition) is 3. The number of nitrogens with one attached hydrogen (secondary N) is 3. The summed E-state index contributed by atoms with van der Waals surface area (Å²) < 4.78 is 24.6. The highest BCUT2D eigenvalue weighted by Gasteiger charge is 2.06. The Labute approximate surface area is 163 Å². The normalized spacial score (nSPS) is 12.0. The molecule has 3 N–H and O–H groups in total. The van der Waals surface area contributed by atoms with Gasteiger partial charge in [0.2, 0.25) is 0 Å². The first-order chi connectivity index (χ1) is 12.5. The maximum atomic E-state index is 12.3. The van der Waals surface area contributed by atoms with Crippen molar-refractivity contribution in [1.29, 1.82) is 0 Å². The Bertz CT molecular complexity index is 666. The molecule has 0 aliphatic rings. The van der Waals surface area contributed by atoms with Crippen molar-refractivity contribution in [2.45, 2.75) is 23.6 Å². The second-order valence-corrected chi connectivity index (χ2v) is 7.48. The van der Waals surface area contributed by atoms with Gasteiger partial charge in [0, 0.05) is 29.1 Å². The number of thioether (sulfide) groups is 1. The summed E-state index contributed by atoms with van der Waals surface area (Å²) in [7, 11) is 2.18. The third-order valence-electron chi connectivity index (χ3n) is 3.75. The summed E-state index contributed by atoms with van der Waals surface area (Å²) >= 11 is 5.80. The molecule has 2 aromatic carbocycles. The fraction of sp³-hybridized carbons (Fsp3) is 0.316. The summed E-state index contributed by atoms with van der Waals surface area (Å²) in [4.78, 5) is 1.98. The summed E-state index contributed by atoms with van der Waals surface area (Å²) in [5.41, 5.74) is 2.12. The Kier molecular flexibility index (Phi) is 8.80. The van der Waals surface area contributed by atoms with E-state index in [0.29, 0.717) is 21.8 Å². The van der Waals surface area contributed by atoms with Crippen molar-refractivity contribution in [2.75, 3.05) is 25.5 Å². The predicted molar refractivity (Wildman–Crippen MR) is 109 cm³/mol. The van der Waals surface area contributed by atoms with Crippen LogP contribution in [0.1, 0.15) is 12.0 Å². The number of alkyl halides is 2. The predicted octanol–water partition coefficient (Wildman–Crippen LogP) is 3.39. The van der Waals surface area contributed by atoms with Crippen molar-refractivity contribution in [3.05, 3.63) is 60.2 Å². The van der Waals surface area contributed by atoms with Crippen LogP contribution in [0.2, 0.25) is 0 Å². The molecule has 140 valence electrons. The summed E-state index contributed by atoms with van der Waals surface area (Å²) in [6.45, 7) is 2.84. The number of benzene rings is 2. The van der Waals surface area contributed by atoms with Crippen LogP contribution in [-0.4, -0.2) is 31.0 Å². The number of quaternary nitrogens is 1. The van der Waals surface area contributed by atoms with Gasteiger partial charge in [-0.05, 0) is 36.5 Å². The first-order valence-electron chi connectivity index (χ1n) is 8.48. The highest BCUT2D eigenvalue weighted by molar-refractivity contribution is 7.99. The lowest BCUT2D eigenvalue weighted by Gasteiger charge is -2.15. The van der Waals surface area contributed by atoms with E-state index in [1.165, 1.54) is 10.5 Å². The molecule has 0 heterocycles. The van der Waals surface area contributed by atoms with E-state index < -0.39 is 5.76 Å². The fourth-order valence-electron chi connectivity index (χ4n) is 2.52. The molecule has 0 bridgehead atoms. The first-order valence-corrected chi connectivity index (χ1v) is 9.76. The van der Waals surface area contributed by atoms with Crippen LogP contribution in [0.4, 0.5) is 14.5 Å². The topological polar surface area (TPSA) is 28.5 Å². The quantitative estimate of drug-likeness (QED) is 0.344. The maximum absolute atomic E-state index is 12.3. The summed E-state index contributed by atoms with van der Waals surface area (Å²) in [5.74, 6) is -2.40. The second-order valence-electron chi connectivity index (χ2n) is 6.01. The van der Waals surface area contributed by atoms with Crippen LogP contribution in [0.5, 0.6) is 0 Å². The minimum Gasteiger partial charge on any atom is -0.362 e. The molecule has 2 rings (SSSR count). The molecule has 0 aliphatic heterocycles. The zero-order valence-electron chi connectivity index (χ0n) is 14.7. The fourth-order valence-corrected chi connectivity index (χ4v) is 3.24. The number of hydrogen-bond acceptors (Lipinski definition) is 2. The number of anilines is 1. The van der Waals surface area contributed by atoms with E-state index in [2.05, 4.69) is 41.9 Å². The Hall–Kier alpha value is -1.70. The third kappa shape index (κ3) is 8.12. The Morgan fingerprint density at radius 1 is 1.12 bits per heavy atom. The molecular formula is C19H24F2N3S2+. The van der Waals surface area contributed by atoms with Crippen LogP contribution in [0.15, 0.2) is 59.5 Å². The SMILES string of the molecule is C[NH+](CCCNC(=S)Nc1ccc(SC(F)F)cc1)Cc1ccccc1. The molecule has 0 radical (unpaired) electrons. The molecule has 1 unspecified atom stereocenters. The zero-order chi connectivity index (χ0) is 18.8. The van der Waals surface area contributed by atoms with Crippen LogP contribution in [0.25, 0.3) is 0 Å². The molecule has 1 atom stereocenters. The Morgan fingerprint density at radius 3 is 2.46 bits per heavy atom. The molecule has 0 aliphatic carbocycles. The number of rotatable bonds is 9. The van der Waals surface area contributed by atoms with Gasteiger partial charge in [0.15, 0.2) is 5.11 Å². The van der Waals surface area contributed by atoms with Crippen molar-refractivity contribution in [3.63, 3.8) is 0 Å². The first kappa shape index (κ1) is 20.6. The molecule has 0 fully saturated rings. The lowest BCUT2D eigenvalue weighted by atomic mass is 10.2. The van der Waals surface area contributed by atoms with E-state index in [9.17, 15) is 8.78 Å². The highest BCUT2D eigenvalue weighted by Crippen LogP contribution is 2.26. The van der Waals surface area contributed by atoms with Gasteiger partial charge in [-0.25, -0.2) is 0 Å². The van der Waals surface area contributed by atoms with Gasteiger partial charge in [-0.2, -0.15) is 8.78 Å². The minimum absolute atomic E-state index is 0.534. The van der Waals surface area contributed by atoms with Crippen LogP contribution in [0.3, 0.4) is 0 Å². The Morgan fingerprint density at radius 2 is 1.81 bits per heavy atom. The highest BCUT2D eigenvalue weighted by atomic mass is 32.2. The molecule has 0 aromatic heterocycles. The molecule has 2 aromatic rings. The van der Waals surface area contributed by atoms with Crippen molar-refractivity contribution in [2.24, 2.45) is 0 Å². The van der Waals surface area contributed by atoms with Gasteiger partial charge in [-0.1, -0.05) is 42.1 Å². The average Bonchev–Trinajstić information content (AvgIpc) is 2.61. The Balaban J connectivity index is 1.62. The van der Waals surface area contributed by atoms with Crippen LogP contribution in [-0.2, 0) is 6.54 Å². The van der Waals surface area contributed by atoms with Gasteiger partial charge >= 0.3 is 0 Å². The van der Waals surface area contributed by atoms with Crippen molar-refractivity contribution >= 4 is 34.8 Å². The van der Waals surface area contributed by atoms with Crippen LogP contribution in [0, 0.1) is 0 Å². The van der Waals surface area contributed by atoms with E-state index in [1.807, 2.05) is 6.07 Å². The van der Waals surface area contributed by atoms with Crippen LogP contribution < -0.4 is 15.5 Å². The molecular weight excluding hydrogens is 372 g/mol. The monoisotopic (exact) mass is 396 g/mol. The van der Waals surface area contributed by atoms with Gasteiger partial charge < -0.3 is 15.5 Å². The van der Waals surface area contributed by atoms with Crippen molar-refractivity contribution in [3.8, 4) is 0 Å². The molecule has 26 heavy (non-hydrogen) atoms. The molecule has 0 saturated carbocycles. The lowest BCUT2D eigenvalue weighted by molar-refractivity contribution is -0.893. The number of halogens is 2. The van der Waals surface area contributed by atoms with Gasteiger partial charge in [0.1, 0.15) is 6.54 Å². The summed E-state index contributed by atoms with van der Waals surface area (Å²) in [6.07, 6.45) is 1.00. The van der Waals surface area contributed by atoms with Gasteiger partial charge in [0.05, 0.1) is 13.6 Å². The van der Waals surface area contributed by atoms with Crippen molar-refractivity contribution in [1.82, 2.24) is 5.32 Å². The van der Waals surface area contributed by atoms with E-state index in [1.54, 1.807) is 24.3 Å². The van der Waals surface area contributed by atoms with E-state index in [0.717, 1.165) is 31.7 Å². The maximum Gasteiger partial charge on any atom is 0.288 e. The van der Waals surface area contributed by atoms with Gasteiger partial charge in [0.25, 0.3) is 5.76 Å².